The number of nitrogens with one attached hydrogen (secondary N) is 2. The molecule has 0 saturated carbocycles. The molecule has 1 spiro atoms. The number of carbonyl (C=O) groups excluding carboxylic acids is 1. The minimum atomic E-state index is -0.981. The number of rotatable bonds is 4. The number of hydrogen-bond donors (Lipinski definition) is 6. The number of nitrogens with zero attached hydrogens (tertiary/aromatic N) is 3. The lowest BCUT2D eigenvalue weighted by Gasteiger charge is -2.40. The fraction of sp³-hybridized carbons (Fsp3) is 0.444. The first-order valence-corrected chi connectivity index (χ1v) is 12.9. The maximum Gasteiger partial charge on any atom is 0.407 e. The largest absolute Gasteiger partial charge is 0.504 e. The minimum Gasteiger partial charge on any atom is -0.504 e. The number of aromatic nitrogens is 2. The maximum absolute atomic E-state index is 12.7. The van der Waals surface area contributed by atoms with Gasteiger partial charge in [-0.05, 0) is 45.2 Å². The topological polar surface area (TPSA) is 171 Å². The number of ether oxygens (including phenoxy) is 1. The van der Waals surface area contributed by atoms with Crippen LogP contribution < -0.4 is 20.7 Å². The number of alkyl carbamates (subject to hydrolysis) is 1. The molecule has 2 aliphatic heterocycles. The number of phenolic OH excluding ortho intramolecular Hbond substituents is 4. The van der Waals surface area contributed by atoms with Crippen LogP contribution in [-0.2, 0) is 10.2 Å². The van der Waals surface area contributed by atoms with Gasteiger partial charge in [-0.1, -0.05) is 18.2 Å². The standard InChI is InChI=1S/C27H33N5O7/c1-26(2,3)39-25(38)28-10-13-32-14-27(15-6-4-5-7-16(15)32)8-11-31(12-9-27)24-29-18-17(23(37)30-24)19(33)21(35)22(36)20(18)34/h4-7,33-36H,8-14H2,1-3H3,(H,28,38)(H,29,30,37). The molecule has 1 fully saturated rings. The van der Waals surface area contributed by atoms with Crippen LogP contribution >= 0.6 is 0 Å². The van der Waals surface area contributed by atoms with E-state index in [9.17, 15) is 30.0 Å². The highest BCUT2D eigenvalue weighted by Gasteiger charge is 2.44. The van der Waals surface area contributed by atoms with Crippen molar-refractivity contribution in [1.82, 2.24) is 15.3 Å². The van der Waals surface area contributed by atoms with E-state index in [-0.39, 0.29) is 16.9 Å². The van der Waals surface area contributed by atoms with Crippen LogP contribution in [0, 0.1) is 0 Å². The SMILES string of the molecule is CC(C)(C)OC(=O)NCCN1CC2(CCN(c3nc4c(O)c(O)c(O)c(O)c4c(=O)[nH]3)CC2)c2ccccc21. The fourth-order valence-electron chi connectivity index (χ4n) is 5.57. The van der Waals surface area contributed by atoms with Gasteiger partial charge in [-0.15, -0.1) is 0 Å². The van der Waals surface area contributed by atoms with Crippen molar-refractivity contribution >= 4 is 28.6 Å². The second-order valence-corrected chi connectivity index (χ2v) is 11.1. The number of para-hydroxylation sites is 1. The second kappa shape index (κ2) is 9.44. The number of benzene rings is 2. The third-order valence-corrected chi connectivity index (χ3v) is 7.42. The molecule has 0 aliphatic carbocycles. The quantitative estimate of drug-likeness (QED) is 0.214. The van der Waals surface area contributed by atoms with Gasteiger partial charge in [-0.2, -0.15) is 0 Å². The number of phenols is 4. The zero-order chi connectivity index (χ0) is 28.1. The van der Waals surface area contributed by atoms with E-state index in [1.165, 1.54) is 5.56 Å². The second-order valence-electron chi connectivity index (χ2n) is 11.1. The zero-order valence-corrected chi connectivity index (χ0v) is 22.1. The summed E-state index contributed by atoms with van der Waals surface area (Å²) in [5, 5.41) is 42.5. The summed E-state index contributed by atoms with van der Waals surface area (Å²) in [7, 11) is 0. The molecule has 5 rings (SSSR count). The van der Waals surface area contributed by atoms with E-state index in [2.05, 4.69) is 32.3 Å². The Hall–Kier alpha value is -4.35. The maximum atomic E-state index is 12.7. The molecular formula is C27H33N5O7. The number of hydrogen-bond acceptors (Lipinski definition) is 10. The average Bonchev–Trinajstić information content (AvgIpc) is 3.18. The van der Waals surface area contributed by atoms with E-state index < -0.39 is 45.6 Å². The first-order chi connectivity index (χ1) is 18.4. The molecular weight excluding hydrogens is 506 g/mol. The fourth-order valence-corrected chi connectivity index (χ4v) is 5.57. The number of aromatic amines is 1. The molecule has 0 bridgehead atoms. The van der Waals surface area contributed by atoms with Gasteiger partial charge in [0.15, 0.2) is 11.5 Å². The predicted octanol–water partition coefficient (Wildman–Crippen LogP) is 2.63. The van der Waals surface area contributed by atoms with Crippen LogP contribution in [0.15, 0.2) is 29.1 Å². The lowest BCUT2D eigenvalue weighted by molar-refractivity contribution is 0.0529. The third kappa shape index (κ3) is 4.70. The van der Waals surface area contributed by atoms with Gasteiger partial charge in [0.25, 0.3) is 5.56 Å². The summed E-state index contributed by atoms with van der Waals surface area (Å²) in [5.74, 6) is -3.34. The Morgan fingerprint density at radius 3 is 2.44 bits per heavy atom. The Bertz CT molecular complexity index is 1490. The van der Waals surface area contributed by atoms with Crippen LogP contribution in [0.25, 0.3) is 10.9 Å². The van der Waals surface area contributed by atoms with E-state index in [1.54, 1.807) is 0 Å². The van der Waals surface area contributed by atoms with Gasteiger partial charge in [0, 0.05) is 43.8 Å². The molecule has 6 N–H and O–H groups in total. The highest BCUT2D eigenvalue weighted by molar-refractivity contribution is 5.95. The lowest BCUT2D eigenvalue weighted by atomic mass is 9.74. The summed E-state index contributed by atoms with van der Waals surface area (Å²) < 4.78 is 5.34. The van der Waals surface area contributed by atoms with Crippen LogP contribution in [0.5, 0.6) is 23.0 Å². The number of aromatic hydroxyl groups is 4. The summed E-state index contributed by atoms with van der Waals surface area (Å²) in [6.45, 7) is 8.43. The highest BCUT2D eigenvalue weighted by atomic mass is 16.6. The van der Waals surface area contributed by atoms with Crippen molar-refractivity contribution in [2.24, 2.45) is 0 Å². The van der Waals surface area contributed by atoms with Gasteiger partial charge in [-0.3, -0.25) is 9.78 Å². The molecule has 12 heteroatoms. The molecule has 1 saturated heterocycles. The van der Waals surface area contributed by atoms with Crippen molar-refractivity contribution < 1.29 is 30.0 Å². The Balaban J connectivity index is 1.32. The van der Waals surface area contributed by atoms with Crippen molar-refractivity contribution in [3.05, 3.63) is 40.2 Å². The average molecular weight is 540 g/mol. The van der Waals surface area contributed by atoms with E-state index >= 15 is 0 Å². The van der Waals surface area contributed by atoms with E-state index in [0.29, 0.717) is 26.2 Å². The van der Waals surface area contributed by atoms with Crippen molar-refractivity contribution in [3.8, 4) is 23.0 Å². The molecule has 39 heavy (non-hydrogen) atoms. The molecule has 208 valence electrons. The highest BCUT2D eigenvalue weighted by Crippen LogP contribution is 2.48. The molecule has 0 atom stereocenters. The molecule has 2 aromatic carbocycles. The molecule has 0 radical (unpaired) electrons. The Labute approximate surface area is 224 Å². The Morgan fingerprint density at radius 2 is 1.74 bits per heavy atom. The van der Waals surface area contributed by atoms with Gasteiger partial charge in [0.2, 0.25) is 17.4 Å². The molecule has 3 aromatic rings. The van der Waals surface area contributed by atoms with Crippen LogP contribution in [0.2, 0.25) is 0 Å². The monoisotopic (exact) mass is 539 g/mol. The third-order valence-electron chi connectivity index (χ3n) is 7.42. The van der Waals surface area contributed by atoms with Crippen molar-refractivity contribution in [1.29, 1.82) is 0 Å². The number of piperidine rings is 1. The first kappa shape index (κ1) is 26.3. The number of H-pyrrole nitrogens is 1. The summed E-state index contributed by atoms with van der Waals surface area (Å²) in [6, 6.07) is 8.25. The van der Waals surface area contributed by atoms with E-state index in [0.717, 1.165) is 25.1 Å². The summed E-state index contributed by atoms with van der Waals surface area (Å²) >= 11 is 0. The zero-order valence-electron chi connectivity index (χ0n) is 22.1. The van der Waals surface area contributed by atoms with Gasteiger partial charge in [0.05, 0.1) is 0 Å². The van der Waals surface area contributed by atoms with Crippen LogP contribution in [0.1, 0.15) is 39.2 Å². The summed E-state index contributed by atoms with van der Waals surface area (Å²) in [5.41, 5.74) is 0.647. The summed E-state index contributed by atoms with van der Waals surface area (Å²) in [4.78, 5) is 35.9. The molecule has 2 aliphatic rings. The first-order valence-electron chi connectivity index (χ1n) is 12.9. The summed E-state index contributed by atoms with van der Waals surface area (Å²) in [6.07, 6.45) is 1.08. The number of fused-ring (bicyclic) bond motifs is 3. The number of anilines is 2. The molecule has 12 nitrogen and oxygen atoms in total. The normalized spacial score (nSPS) is 16.5. The van der Waals surface area contributed by atoms with E-state index in [1.807, 2.05) is 37.8 Å². The molecule has 1 amide bonds. The Kier molecular flexibility index (Phi) is 6.36. The number of amides is 1. The molecule has 3 heterocycles. The lowest BCUT2D eigenvalue weighted by Crippen LogP contribution is -2.47. The number of carbonyl (C=O) groups is 1. The molecule has 0 unspecified atom stereocenters. The van der Waals surface area contributed by atoms with Gasteiger partial charge in [-0.25, -0.2) is 9.78 Å². The smallest absolute Gasteiger partial charge is 0.407 e. The van der Waals surface area contributed by atoms with E-state index in [4.69, 9.17) is 4.74 Å². The minimum absolute atomic E-state index is 0.124. The van der Waals surface area contributed by atoms with Crippen LogP contribution in [0.3, 0.4) is 0 Å². The van der Waals surface area contributed by atoms with Crippen molar-refractivity contribution in [3.63, 3.8) is 0 Å². The van der Waals surface area contributed by atoms with Crippen molar-refractivity contribution in [2.75, 3.05) is 42.5 Å². The Morgan fingerprint density at radius 1 is 1.08 bits per heavy atom. The van der Waals surface area contributed by atoms with Crippen LogP contribution in [0.4, 0.5) is 16.4 Å². The predicted molar refractivity (Wildman–Crippen MR) is 145 cm³/mol. The van der Waals surface area contributed by atoms with Crippen molar-refractivity contribution in [2.45, 2.75) is 44.6 Å². The van der Waals surface area contributed by atoms with Gasteiger partial charge < -0.3 is 40.3 Å². The van der Waals surface area contributed by atoms with Gasteiger partial charge in [0.1, 0.15) is 16.5 Å². The van der Waals surface area contributed by atoms with Gasteiger partial charge >= 0.3 is 6.09 Å². The molecule has 1 aromatic heterocycles. The van der Waals surface area contributed by atoms with Crippen LogP contribution in [-0.4, -0.2) is 74.8 Å².